The molecule has 0 spiro atoms. The van der Waals surface area contributed by atoms with Crippen molar-refractivity contribution in [2.75, 3.05) is 26.2 Å². The van der Waals surface area contributed by atoms with Gasteiger partial charge in [-0.2, -0.15) is 4.31 Å². The van der Waals surface area contributed by atoms with Crippen LogP contribution in [0.4, 0.5) is 0 Å². The summed E-state index contributed by atoms with van der Waals surface area (Å²) in [5.74, 6) is 0. The van der Waals surface area contributed by atoms with Crippen molar-refractivity contribution < 1.29 is 8.42 Å². The van der Waals surface area contributed by atoms with Crippen LogP contribution in [0.2, 0.25) is 0 Å². The van der Waals surface area contributed by atoms with Crippen molar-refractivity contribution in [3.05, 3.63) is 17.0 Å². The van der Waals surface area contributed by atoms with Crippen LogP contribution in [0.25, 0.3) is 0 Å². The normalized spacial score (nSPS) is 22.8. The summed E-state index contributed by atoms with van der Waals surface area (Å²) < 4.78 is 27.0. The van der Waals surface area contributed by atoms with E-state index in [4.69, 9.17) is 5.73 Å². The molecule has 2 fully saturated rings. The van der Waals surface area contributed by atoms with E-state index in [2.05, 4.69) is 4.90 Å². The molecule has 5 nitrogen and oxygen atoms in total. The molecule has 0 atom stereocenters. The molecule has 2 N–H and O–H groups in total. The molecule has 7 heteroatoms. The molecule has 1 aromatic heterocycles. The zero-order valence-corrected chi connectivity index (χ0v) is 12.4. The topological polar surface area (TPSA) is 66.6 Å². The molecule has 1 aliphatic carbocycles. The molecule has 1 aromatic rings. The molecule has 2 aliphatic rings. The fourth-order valence-electron chi connectivity index (χ4n) is 2.48. The second-order valence-electron chi connectivity index (χ2n) is 5.10. The molecule has 106 valence electrons. The molecule has 0 amide bonds. The number of hydrogen-bond acceptors (Lipinski definition) is 5. The lowest BCUT2D eigenvalue weighted by atomic mass is 10.3. The fourth-order valence-corrected chi connectivity index (χ4v) is 5.29. The lowest BCUT2D eigenvalue weighted by Gasteiger charge is -2.33. The summed E-state index contributed by atoms with van der Waals surface area (Å²) in [7, 11) is -3.31. The van der Waals surface area contributed by atoms with Crippen LogP contribution in [0.15, 0.2) is 16.3 Å². The van der Waals surface area contributed by atoms with E-state index in [0.29, 0.717) is 23.8 Å². The highest BCUT2D eigenvalue weighted by molar-refractivity contribution is 7.91. The minimum atomic E-state index is -3.31. The first kappa shape index (κ1) is 13.5. The predicted molar refractivity (Wildman–Crippen MR) is 75.6 cm³/mol. The number of piperazine rings is 1. The van der Waals surface area contributed by atoms with Crippen molar-refractivity contribution in [3.63, 3.8) is 0 Å². The van der Waals surface area contributed by atoms with Crippen LogP contribution in [0.1, 0.15) is 17.7 Å². The Labute approximate surface area is 118 Å². The highest BCUT2D eigenvalue weighted by atomic mass is 32.2. The average molecular weight is 301 g/mol. The molecule has 3 rings (SSSR count). The van der Waals surface area contributed by atoms with Crippen LogP contribution < -0.4 is 5.73 Å². The summed E-state index contributed by atoms with van der Waals surface area (Å²) in [5.41, 5.74) is 5.54. The van der Waals surface area contributed by atoms with E-state index in [9.17, 15) is 8.42 Å². The van der Waals surface area contributed by atoms with Gasteiger partial charge in [-0.3, -0.25) is 4.90 Å². The van der Waals surface area contributed by atoms with Gasteiger partial charge in [-0.15, -0.1) is 11.3 Å². The Kier molecular flexibility index (Phi) is 3.65. The zero-order chi connectivity index (χ0) is 13.5. The second-order valence-corrected chi connectivity index (χ2v) is 8.43. The third kappa shape index (κ3) is 2.71. The number of rotatable bonds is 4. The van der Waals surface area contributed by atoms with Gasteiger partial charge < -0.3 is 5.73 Å². The van der Waals surface area contributed by atoms with Crippen molar-refractivity contribution in [2.24, 2.45) is 5.73 Å². The van der Waals surface area contributed by atoms with Gasteiger partial charge >= 0.3 is 0 Å². The van der Waals surface area contributed by atoms with Crippen LogP contribution in [0.5, 0.6) is 0 Å². The van der Waals surface area contributed by atoms with E-state index in [1.807, 2.05) is 0 Å². The average Bonchev–Trinajstić information content (AvgIpc) is 3.15. The van der Waals surface area contributed by atoms with Gasteiger partial charge in [0, 0.05) is 43.6 Å². The van der Waals surface area contributed by atoms with Gasteiger partial charge in [-0.05, 0) is 25.0 Å². The summed E-state index contributed by atoms with van der Waals surface area (Å²) >= 11 is 1.28. The first-order valence-corrected chi connectivity index (χ1v) is 8.90. The van der Waals surface area contributed by atoms with E-state index in [1.165, 1.54) is 24.2 Å². The summed E-state index contributed by atoms with van der Waals surface area (Å²) in [6.07, 6.45) is 2.55. The Balaban J connectivity index is 1.70. The van der Waals surface area contributed by atoms with E-state index in [0.717, 1.165) is 24.0 Å². The lowest BCUT2D eigenvalue weighted by molar-refractivity contribution is 0.181. The van der Waals surface area contributed by atoms with Gasteiger partial charge in [0.25, 0.3) is 10.0 Å². The van der Waals surface area contributed by atoms with Crippen molar-refractivity contribution in [2.45, 2.75) is 29.6 Å². The molecule has 1 saturated carbocycles. The number of thiophene rings is 1. The van der Waals surface area contributed by atoms with Gasteiger partial charge in [0.15, 0.2) is 0 Å². The van der Waals surface area contributed by atoms with E-state index < -0.39 is 10.0 Å². The first-order chi connectivity index (χ1) is 9.11. The smallest absolute Gasteiger partial charge is 0.252 e. The van der Waals surface area contributed by atoms with Crippen molar-refractivity contribution in [1.82, 2.24) is 9.21 Å². The Morgan fingerprint density at radius 1 is 1.21 bits per heavy atom. The van der Waals surface area contributed by atoms with E-state index in [1.54, 1.807) is 16.4 Å². The van der Waals surface area contributed by atoms with Crippen LogP contribution in [-0.2, 0) is 16.6 Å². The minimum absolute atomic E-state index is 0.398. The van der Waals surface area contributed by atoms with E-state index in [-0.39, 0.29) is 0 Å². The number of hydrogen-bond donors (Lipinski definition) is 1. The van der Waals surface area contributed by atoms with Crippen LogP contribution in [0, 0.1) is 0 Å². The molecule has 19 heavy (non-hydrogen) atoms. The Morgan fingerprint density at radius 3 is 2.42 bits per heavy atom. The quantitative estimate of drug-likeness (QED) is 0.888. The number of nitrogens with zero attached hydrogens (tertiary/aromatic N) is 2. The molecule has 1 saturated heterocycles. The highest BCUT2D eigenvalue weighted by Crippen LogP contribution is 2.30. The molecule has 0 aromatic carbocycles. The van der Waals surface area contributed by atoms with Crippen LogP contribution in [0.3, 0.4) is 0 Å². The summed E-state index contributed by atoms with van der Waals surface area (Å²) in [4.78, 5) is 3.32. The predicted octanol–water partition coefficient (Wildman–Crippen LogP) is 0.675. The summed E-state index contributed by atoms with van der Waals surface area (Å²) in [6.45, 7) is 3.33. The minimum Gasteiger partial charge on any atom is -0.326 e. The largest absolute Gasteiger partial charge is 0.326 e. The maximum Gasteiger partial charge on any atom is 0.252 e. The fraction of sp³-hybridized carbons (Fsp3) is 0.667. The van der Waals surface area contributed by atoms with Crippen LogP contribution >= 0.6 is 11.3 Å². The Bertz CT molecular complexity index is 543. The molecule has 0 radical (unpaired) electrons. The molecular weight excluding hydrogens is 282 g/mol. The van der Waals surface area contributed by atoms with Gasteiger partial charge in [0.2, 0.25) is 0 Å². The lowest BCUT2D eigenvalue weighted by Crippen LogP contribution is -2.49. The molecule has 2 heterocycles. The third-order valence-electron chi connectivity index (χ3n) is 3.77. The van der Waals surface area contributed by atoms with Crippen molar-refractivity contribution >= 4 is 21.4 Å². The van der Waals surface area contributed by atoms with Gasteiger partial charge in [-0.25, -0.2) is 8.42 Å². The van der Waals surface area contributed by atoms with Gasteiger partial charge in [0.05, 0.1) is 0 Å². The maximum absolute atomic E-state index is 12.5. The van der Waals surface area contributed by atoms with Crippen LogP contribution in [-0.4, -0.2) is 49.8 Å². The first-order valence-electron chi connectivity index (χ1n) is 6.64. The van der Waals surface area contributed by atoms with Gasteiger partial charge in [-0.1, -0.05) is 0 Å². The molecule has 0 bridgehead atoms. The molecule has 0 unspecified atom stereocenters. The third-order valence-corrected chi connectivity index (χ3v) is 7.24. The summed E-state index contributed by atoms with van der Waals surface area (Å²) in [5, 5.41) is 0. The second kappa shape index (κ2) is 5.14. The number of sulfonamides is 1. The monoisotopic (exact) mass is 301 g/mol. The standard InChI is InChI=1S/C12H19N3O2S2/c13-9-11-3-4-12(18-11)19(16,17)15-7-5-14(6-8-15)10-1-2-10/h3-4,10H,1-2,5-9,13H2. The maximum atomic E-state index is 12.5. The zero-order valence-electron chi connectivity index (χ0n) is 10.8. The van der Waals surface area contributed by atoms with Crippen molar-refractivity contribution in [1.29, 1.82) is 0 Å². The Morgan fingerprint density at radius 2 is 1.89 bits per heavy atom. The Hall–Kier alpha value is -0.470. The SMILES string of the molecule is NCc1ccc(S(=O)(=O)N2CCN(C3CC3)CC2)s1. The molecular formula is C12H19N3O2S2. The van der Waals surface area contributed by atoms with Gasteiger partial charge in [0.1, 0.15) is 4.21 Å². The van der Waals surface area contributed by atoms with E-state index >= 15 is 0 Å². The summed E-state index contributed by atoms with van der Waals surface area (Å²) in [6, 6.07) is 4.20. The van der Waals surface area contributed by atoms with Crippen molar-refractivity contribution in [3.8, 4) is 0 Å². The molecule has 1 aliphatic heterocycles. The number of nitrogens with two attached hydrogens (primary N) is 1. The highest BCUT2D eigenvalue weighted by Gasteiger charge is 2.35.